The summed E-state index contributed by atoms with van der Waals surface area (Å²) < 4.78 is 12.0. The number of nitrogens with one attached hydrogen (secondary N) is 2. The molecule has 5 aromatic carbocycles. The molecule has 8 aromatic rings. The van der Waals surface area contributed by atoms with Gasteiger partial charge in [0.05, 0.1) is 29.4 Å². The van der Waals surface area contributed by atoms with E-state index in [-0.39, 0.29) is 36.2 Å². The van der Waals surface area contributed by atoms with Gasteiger partial charge in [0.1, 0.15) is 12.2 Å². The van der Waals surface area contributed by atoms with Crippen LogP contribution in [0.3, 0.4) is 0 Å². The molecular weight excluding hydrogens is 901 g/mol. The van der Waals surface area contributed by atoms with Crippen molar-refractivity contribution >= 4 is 40.2 Å². The number of rotatable bonds is 14. The number of benzene rings is 5. The molecule has 1 saturated carbocycles. The molecule has 0 unspecified atom stereocenters. The van der Waals surface area contributed by atoms with Crippen LogP contribution in [0.5, 0.6) is 0 Å². The lowest BCUT2D eigenvalue weighted by Crippen LogP contribution is -2.52. The average Bonchev–Trinajstić information content (AvgIpc) is 4.28. The van der Waals surface area contributed by atoms with Crippen LogP contribution in [0.25, 0.3) is 78.7 Å². The molecule has 8 nitrogen and oxygen atoms in total. The van der Waals surface area contributed by atoms with E-state index in [1.165, 1.54) is 6.92 Å². The minimum Gasteiger partial charge on any atom is -0.463 e. The maximum absolute atomic E-state index is 13.1. The van der Waals surface area contributed by atoms with Crippen LogP contribution in [-0.4, -0.2) is 49.8 Å². The van der Waals surface area contributed by atoms with Gasteiger partial charge >= 0.3 is 5.97 Å². The van der Waals surface area contributed by atoms with E-state index in [0.717, 1.165) is 114 Å². The molecule has 0 saturated heterocycles. The number of esters is 1. The number of aromatic amines is 2. The number of carbonyl (C=O) groups excluding carboxylic acids is 1. The molecule has 366 valence electrons. The summed E-state index contributed by atoms with van der Waals surface area (Å²) in [7, 11) is 0. The number of hydrogen-bond acceptors (Lipinski definition) is 6. The van der Waals surface area contributed by atoms with E-state index in [4.69, 9.17) is 19.4 Å². The lowest BCUT2D eigenvalue weighted by molar-refractivity contribution is -0.170. The van der Waals surface area contributed by atoms with Crippen LogP contribution < -0.4 is 0 Å². The smallest absolute Gasteiger partial charge is 0.302 e. The predicted octanol–water partition coefficient (Wildman–Crippen LogP) is 14.8. The normalized spacial score (nSPS) is 18.9. The monoisotopic (exact) mass is 962 g/mol. The van der Waals surface area contributed by atoms with Crippen LogP contribution >= 0.6 is 0 Å². The van der Waals surface area contributed by atoms with Gasteiger partial charge in [-0.3, -0.25) is 9.78 Å². The summed E-state index contributed by atoms with van der Waals surface area (Å²) in [6.45, 7) is 4.74. The first-order valence-corrected chi connectivity index (χ1v) is 26.0. The molecule has 3 aromatic heterocycles. The Balaban J connectivity index is 1.11. The van der Waals surface area contributed by atoms with Crippen LogP contribution in [0, 0.1) is 17.8 Å². The van der Waals surface area contributed by atoms with Crippen molar-refractivity contribution in [2.24, 2.45) is 17.8 Å². The lowest BCUT2D eigenvalue weighted by atomic mass is 9.64. The number of fused-ring (bicyclic) bond motifs is 8. The van der Waals surface area contributed by atoms with E-state index >= 15 is 0 Å². The number of carbonyl (C=O) groups is 1. The molecule has 5 atom stereocenters. The summed E-state index contributed by atoms with van der Waals surface area (Å²) in [5.74, 6) is -0.597. The summed E-state index contributed by atoms with van der Waals surface area (Å²) in [4.78, 5) is 31.8. The topological polar surface area (TPSA) is 113 Å². The highest BCUT2D eigenvalue weighted by Crippen LogP contribution is 2.49. The lowest BCUT2D eigenvalue weighted by Gasteiger charge is -2.47. The van der Waals surface area contributed by atoms with E-state index in [9.17, 15) is 9.90 Å². The van der Waals surface area contributed by atoms with Gasteiger partial charge in [-0.1, -0.05) is 165 Å². The van der Waals surface area contributed by atoms with Gasteiger partial charge in [-0.2, -0.15) is 0 Å². The Morgan fingerprint density at radius 3 is 1.62 bits per heavy atom. The van der Waals surface area contributed by atoms with E-state index in [1.54, 1.807) is 0 Å². The summed E-state index contributed by atoms with van der Waals surface area (Å²) in [6, 6.07) is 61.3. The Hall–Kier alpha value is -7.65. The van der Waals surface area contributed by atoms with Crippen molar-refractivity contribution in [3.8, 4) is 44.5 Å². The summed E-state index contributed by atoms with van der Waals surface area (Å²) in [5.41, 5.74) is 15.9. The van der Waals surface area contributed by atoms with Crippen LogP contribution in [0.4, 0.5) is 0 Å². The van der Waals surface area contributed by atoms with Crippen molar-refractivity contribution in [1.29, 1.82) is 0 Å². The fraction of sp³-hybridized carbons (Fsp3) is 0.246. The molecule has 3 N–H and O–H groups in total. The molecule has 1 fully saturated rings. The average molecular weight is 963 g/mol. The third-order valence-electron chi connectivity index (χ3n) is 15.5. The fourth-order valence-electron chi connectivity index (χ4n) is 11.9. The van der Waals surface area contributed by atoms with Gasteiger partial charge in [0.15, 0.2) is 0 Å². The van der Waals surface area contributed by atoms with Crippen molar-refractivity contribution in [1.82, 2.24) is 19.9 Å². The minimum absolute atomic E-state index is 0.0400. The highest BCUT2D eigenvalue weighted by atomic mass is 16.5. The number of ether oxygens (including phenoxy) is 2. The first-order valence-electron chi connectivity index (χ1n) is 26.0. The molecule has 0 spiro atoms. The molecule has 8 bridgehead atoms. The van der Waals surface area contributed by atoms with Gasteiger partial charge in [0, 0.05) is 63.8 Å². The first kappa shape index (κ1) is 47.7. The number of H-pyrrole nitrogens is 2. The van der Waals surface area contributed by atoms with Crippen molar-refractivity contribution < 1.29 is 19.4 Å². The number of nitrogens with zero attached hydrogens (tertiary/aromatic N) is 2. The number of aliphatic hydroxyl groups is 1. The van der Waals surface area contributed by atoms with E-state index in [2.05, 4.69) is 187 Å². The minimum atomic E-state index is -1.23. The number of aromatic nitrogens is 4. The fourth-order valence-corrected chi connectivity index (χ4v) is 11.9. The summed E-state index contributed by atoms with van der Waals surface area (Å²) >= 11 is 0. The zero-order valence-corrected chi connectivity index (χ0v) is 41.6. The molecule has 1 aliphatic carbocycles. The molecule has 3 aliphatic rings. The van der Waals surface area contributed by atoms with E-state index < -0.39 is 5.60 Å². The van der Waals surface area contributed by atoms with Gasteiger partial charge in [0.2, 0.25) is 0 Å². The molecule has 73 heavy (non-hydrogen) atoms. The quantitative estimate of drug-likeness (QED) is 0.0739. The Labute approximate surface area is 427 Å². The molecule has 2 aliphatic heterocycles. The van der Waals surface area contributed by atoms with Crippen LogP contribution in [0.1, 0.15) is 80.2 Å². The number of hydrogen-bond donors (Lipinski definition) is 3. The Kier molecular flexibility index (Phi) is 13.8. The van der Waals surface area contributed by atoms with Crippen LogP contribution in [0.15, 0.2) is 176 Å². The zero-order chi connectivity index (χ0) is 49.7. The second-order valence-corrected chi connectivity index (χ2v) is 20.1. The standard InChI is InChI=1S/C65H62N4O4/c1-43(39-51-30-18-29-50(65(51,71)42-73-44(2)70)37-38-72-41-45-19-8-3-9-20-45)52-40-59-62(48-25-14-6-15-26-48)57-34-33-55(67-57)60(46-21-10-4-11-22-46)53-31-32-54(66-53)61(47-23-12-5-13-24-47)56-35-36-58(68-56)63(64(52)69-59)49-27-16-7-17-28-49/h3-17,19-28,31-36,43,50-52,67-68,71H,18,29-30,37-42H2,1-2H3/t43-,50-,51+,52-,65-/m0/s1. The van der Waals surface area contributed by atoms with Gasteiger partial charge in [-0.15, -0.1) is 0 Å². The highest BCUT2D eigenvalue weighted by Gasteiger charge is 2.48. The molecule has 0 radical (unpaired) electrons. The maximum Gasteiger partial charge on any atom is 0.302 e. The largest absolute Gasteiger partial charge is 0.463 e. The Bertz CT molecular complexity index is 3410. The SMILES string of the molecule is CC(=O)OC[C@]1(O)[C@H](CCOCc2ccccc2)CCC[C@@H]1C[C@H](C)[C@@H]1Cc2nc1c(-c1ccccc1)c1ccc([nH]1)c(-c1ccccc1)c1nc(c(-c3ccccc3)c3ccc([nH]3)c2-c2ccccc2)C=C1. The molecule has 8 heteroatoms. The first-order chi connectivity index (χ1) is 35.8. The van der Waals surface area contributed by atoms with E-state index in [0.29, 0.717) is 32.5 Å². The van der Waals surface area contributed by atoms with Crippen LogP contribution in [0.2, 0.25) is 0 Å². The third kappa shape index (κ3) is 9.98. The van der Waals surface area contributed by atoms with Crippen molar-refractivity contribution in [2.75, 3.05) is 13.2 Å². The van der Waals surface area contributed by atoms with Crippen molar-refractivity contribution in [3.05, 3.63) is 204 Å². The van der Waals surface area contributed by atoms with Crippen LogP contribution in [-0.2, 0) is 27.3 Å². The van der Waals surface area contributed by atoms with Gasteiger partial charge in [-0.05, 0) is 114 Å². The molecule has 0 amide bonds. The second kappa shape index (κ2) is 21.2. The van der Waals surface area contributed by atoms with Gasteiger partial charge in [0.25, 0.3) is 0 Å². The van der Waals surface area contributed by atoms with Crippen molar-refractivity contribution in [2.45, 2.75) is 70.5 Å². The molecular formula is C65H62N4O4. The Morgan fingerprint density at radius 1 is 0.616 bits per heavy atom. The summed E-state index contributed by atoms with van der Waals surface area (Å²) in [5, 5.41) is 13.1. The predicted molar refractivity (Wildman–Crippen MR) is 295 cm³/mol. The third-order valence-corrected chi connectivity index (χ3v) is 15.5. The second-order valence-electron chi connectivity index (χ2n) is 20.1. The zero-order valence-electron chi connectivity index (χ0n) is 41.6. The van der Waals surface area contributed by atoms with Crippen molar-refractivity contribution in [3.63, 3.8) is 0 Å². The Morgan fingerprint density at radius 2 is 1.08 bits per heavy atom. The van der Waals surface area contributed by atoms with E-state index in [1.807, 2.05) is 18.2 Å². The summed E-state index contributed by atoms with van der Waals surface area (Å²) in [6.07, 6.45) is 8.99. The maximum atomic E-state index is 13.1. The van der Waals surface area contributed by atoms with Gasteiger partial charge in [-0.25, -0.2) is 4.98 Å². The van der Waals surface area contributed by atoms with Gasteiger partial charge < -0.3 is 24.5 Å². The molecule has 5 heterocycles. The molecule has 11 rings (SSSR count). The highest BCUT2D eigenvalue weighted by molar-refractivity contribution is 5.97.